The van der Waals surface area contributed by atoms with Crippen molar-refractivity contribution in [2.45, 2.75) is 13.5 Å². The molecule has 1 aliphatic rings. The molecule has 0 fully saturated rings. The Balaban J connectivity index is 1.95. The van der Waals surface area contributed by atoms with Crippen LogP contribution in [-0.2, 0) is 6.54 Å². The van der Waals surface area contributed by atoms with E-state index in [0.29, 0.717) is 30.4 Å². The van der Waals surface area contributed by atoms with Crippen molar-refractivity contribution in [1.29, 1.82) is 0 Å². The van der Waals surface area contributed by atoms with Gasteiger partial charge in [-0.25, -0.2) is 4.39 Å². The summed E-state index contributed by atoms with van der Waals surface area (Å²) in [6, 6.07) is 10.8. The third kappa shape index (κ3) is 2.85. The zero-order valence-corrected chi connectivity index (χ0v) is 11.9. The monoisotopic (exact) mass is 287 g/mol. The van der Waals surface area contributed by atoms with Gasteiger partial charge in [-0.2, -0.15) is 0 Å². The largest absolute Gasteiger partial charge is 0.489 e. The van der Waals surface area contributed by atoms with Crippen LogP contribution in [-0.4, -0.2) is 13.2 Å². The fourth-order valence-electron chi connectivity index (χ4n) is 2.32. The quantitative estimate of drug-likeness (QED) is 0.921. The van der Waals surface area contributed by atoms with Crippen LogP contribution in [0, 0.1) is 11.7 Å². The highest BCUT2D eigenvalue weighted by Gasteiger charge is 2.16. The van der Waals surface area contributed by atoms with Gasteiger partial charge in [0, 0.05) is 18.0 Å². The summed E-state index contributed by atoms with van der Waals surface area (Å²) < 4.78 is 25.3. The van der Waals surface area contributed by atoms with Gasteiger partial charge in [-0.15, -0.1) is 0 Å². The van der Waals surface area contributed by atoms with Crippen LogP contribution in [0.3, 0.4) is 0 Å². The topological polar surface area (TPSA) is 44.5 Å². The average molecular weight is 287 g/mol. The Hall–Kier alpha value is -2.07. The lowest BCUT2D eigenvalue weighted by Gasteiger charge is -2.10. The lowest BCUT2D eigenvalue weighted by molar-refractivity contribution is 0.228. The normalized spacial score (nSPS) is 17.4. The highest BCUT2D eigenvalue weighted by Crippen LogP contribution is 2.35. The van der Waals surface area contributed by atoms with Crippen molar-refractivity contribution in [3.63, 3.8) is 0 Å². The summed E-state index contributed by atoms with van der Waals surface area (Å²) in [4.78, 5) is 0. The molecule has 3 rings (SSSR count). The maximum Gasteiger partial charge on any atom is 0.161 e. The van der Waals surface area contributed by atoms with Crippen molar-refractivity contribution in [3.8, 4) is 22.6 Å². The van der Waals surface area contributed by atoms with Gasteiger partial charge in [-0.3, -0.25) is 0 Å². The number of ether oxygens (including phenoxy) is 2. The molecule has 0 aromatic heterocycles. The second-order valence-electron chi connectivity index (χ2n) is 5.40. The lowest BCUT2D eigenvalue weighted by atomic mass is 10.0. The highest BCUT2D eigenvalue weighted by molar-refractivity contribution is 5.67. The van der Waals surface area contributed by atoms with E-state index in [4.69, 9.17) is 15.2 Å². The average Bonchev–Trinajstić information content (AvgIpc) is 2.69. The van der Waals surface area contributed by atoms with Crippen LogP contribution in [0.2, 0.25) is 0 Å². The molecule has 2 aromatic carbocycles. The smallest absolute Gasteiger partial charge is 0.161 e. The molecule has 21 heavy (non-hydrogen) atoms. The molecule has 1 atom stereocenters. The number of fused-ring (bicyclic) bond motifs is 1. The molecule has 1 aliphatic heterocycles. The van der Waals surface area contributed by atoms with Gasteiger partial charge in [-0.1, -0.05) is 25.1 Å². The van der Waals surface area contributed by atoms with E-state index in [2.05, 4.69) is 6.92 Å². The summed E-state index contributed by atoms with van der Waals surface area (Å²) in [5.74, 6) is 1.51. The Bertz CT molecular complexity index is 657. The van der Waals surface area contributed by atoms with Crippen LogP contribution < -0.4 is 15.2 Å². The van der Waals surface area contributed by atoms with Crippen molar-refractivity contribution in [2.75, 3.05) is 13.2 Å². The van der Waals surface area contributed by atoms with Crippen LogP contribution in [0.15, 0.2) is 36.4 Å². The van der Waals surface area contributed by atoms with Crippen LogP contribution in [0.25, 0.3) is 11.1 Å². The molecular formula is C17H18FNO2. The zero-order chi connectivity index (χ0) is 14.8. The van der Waals surface area contributed by atoms with Gasteiger partial charge in [0.1, 0.15) is 5.82 Å². The van der Waals surface area contributed by atoms with Crippen LogP contribution in [0.5, 0.6) is 11.5 Å². The Labute approximate surface area is 123 Å². The number of halogens is 1. The minimum absolute atomic E-state index is 0.200. The molecule has 110 valence electrons. The molecule has 0 radical (unpaired) electrons. The molecule has 0 bridgehead atoms. The van der Waals surface area contributed by atoms with Crippen molar-refractivity contribution < 1.29 is 13.9 Å². The van der Waals surface area contributed by atoms with Crippen molar-refractivity contribution >= 4 is 0 Å². The summed E-state index contributed by atoms with van der Waals surface area (Å²) in [6.07, 6.45) is 0. The number of benzene rings is 2. The minimum atomic E-state index is -0.282. The number of rotatable bonds is 2. The second-order valence-corrected chi connectivity index (χ2v) is 5.40. The summed E-state index contributed by atoms with van der Waals surface area (Å²) in [7, 11) is 0. The standard InChI is InChI=1S/C17H18FNO2/c1-11-9-20-16-5-4-13(7-17(16)21-10-11)12-2-3-14(8-19)15(18)6-12/h2-7,11H,8-10,19H2,1H3. The SMILES string of the molecule is CC1COc2ccc(-c3ccc(CN)c(F)c3)cc2OC1. The second kappa shape index (κ2) is 5.74. The van der Waals surface area contributed by atoms with Crippen LogP contribution in [0.1, 0.15) is 12.5 Å². The molecule has 3 nitrogen and oxygen atoms in total. The fourth-order valence-corrected chi connectivity index (χ4v) is 2.32. The van der Waals surface area contributed by atoms with E-state index >= 15 is 0 Å². The first-order valence-electron chi connectivity index (χ1n) is 7.06. The maximum absolute atomic E-state index is 13.9. The van der Waals surface area contributed by atoms with Gasteiger partial charge in [-0.05, 0) is 29.3 Å². The van der Waals surface area contributed by atoms with Gasteiger partial charge >= 0.3 is 0 Å². The van der Waals surface area contributed by atoms with Crippen LogP contribution in [0.4, 0.5) is 4.39 Å². The summed E-state index contributed by atoms with van der Waals surface area (Å²) in [5.41, 5.74) is 7.70. The van der Waals surface area contributed by atoms with Crippen molar-refractivity contribution in [2.24, 2.45) is 11.7 Å². The highest BCUT2D eigenvalue weighted by atomic mass is 19.1. The predicted octanol–water partition coefficient (Wildman–Crippen LogP) is 3.36. The minimum Gasteiger partial charge on any atom is -0.489 e. The summed E-state index contributed by atoms with van der Waals surface area (Å²) >= 11 is 0. The molecule has 0 saturated carbocycles. The molecule has 1 unspecified atom stereocenters. The van der Waals surface area contributed by atoms with Crippen molar-refractivity contribution in [1.82, 2.24) is 0 Å². The molecule has 2 aromatic rings. The molecule has 0 saturated heterocycles. The van der Waals surface area contributed by atoms with E-state index in [1.54, 1.807) is 6.07 Å². The molecule has 2 N–H and O–H groups in total. The summed E-state index contributed by atoms with van der Waals surface area (Å²) in [6.45, 7) is 3.54. The Morgan fingerprint density at radius 3 is 2.43 bits per heavy atom. The Morgan fingerprint density at radius 1 is 1.05 bits per heavy atom. The molecule has 0 spiro atoms. The van der Waals surface area contributed by atoms with E-state index in [-0.39, 0.29) is 12.4 Å². The number of nitrogens with two attached hydrogens (primary N) is 1. The molecular weight excluding hydrogens is 269 g/mol. The Kier molecular flexibility index (Phi) is 3.80. The molecule has 1 heterocycles. The third-order valence-corrected chi connectivity index (χ3v) is 3.60. The first-order valence-corrected chi connectivity index (χ1v) is 7.06. The van der Waals surface area contributed by atoms with E-state index < -0.39 is 0 Å². The molecule has 0 amide bonds. The summed E-state index contributed by atoms with van der Waals surface area (Å²) in [5, 5.41) is 0. The number of hydrogen-bond acceptors (Lipinski definition) is 3. The van der Waals surface area contributed by atoms with Gasteiger partial charge in [0.2, 0.25) is 0 Å². The molecule has 0 aliphatic carbocycles. The van der Waals surface area contributed by atoms with E-state index in [1.807, 2.05) is 24.3 Å². The lowest BCUT2D eigenvalue weighted by Crippen LogP contribution is -2.12. The van der Waals surface area contributed by atoms with Gasteiger partial charge < -0.3 is 15.2 Å². The van der Waals surface area contributed by atoms with E-state index in [9.17, 15) is 4.39 Å². The predicted molar refractivity (Wildman–Crippen MR) is 79.9 cm³/mol. The van der Waals surface area contributed by atoms with Crippen LogP contribution >= 0.6 is 0 Å². The van der Waals surface area contributed by atoms with Crippen molar-refractivity contribution in [3.05, 3.63) is 47.8 Å². The van der Waals surface area contributed by atoms with Gasteiger partial charge in [0.05, 0.1) is 13.2 Å². The van der Waals surface area contributed by atoms with Gasteiger partial charge in [0.25, 0.3) is 0 Å². The first-order chi connectivity index (χ1) is 10.2. The Morgan fingerprint density at radius 2 is 1.71 bits per heavy atom. The van der Waals surface area contributed by atoms with E-state index in [1.165, 1.54) is 6.07 Å². The number of hydrogen-bond donors (Lipinski definition) is 1. The maximum atomic E-state index is 13.9. The first kappa shape index (κ1) is 13.9. The van der Waals surface area contributed by atoms with E-state index in [0.717, 1.165) is 16.9 Å². The third-order valence-electron chi connectivity index (χ3n) is 3.60. The fraction of sp³-hybridized carbons (Fsp3) is 0.294. The zero-order valence-electron chi connectivity index (χ0n) is 11.9. The molecule has 4 heteroatoms. The van der Waals surface area contributed by atoms with Gasteiger partial charge in [0.15, 0.2) is 11.5 Å².